The van der Waals surface area contributed by atoms with Crippen LogP contribution in [-0.4, -0.2) is 18.0 Å². The molecule has 0 aromatic heterocycles. The number of urea groups is 1. The van der Waals surface area contributed by atoms with Gasteiger partial charge < -0.3 is 16.4 Å². The number of hydrogen-bond donors (Lipinski definition) is 3. The lowest BCUT2D eigenvalue weighted by atomic mass is 9.84. The van der Waals surface area contributed by atoms with Gasteiger partial charge in [-0.15, -0.1) is 0 Å². The number of carbonyl (C=O) groups is 2. The summed E-state index contributed by atoms with van der Waals surface area (Å²) in [4.78, 5) is 23.3. The van der Waals surface area contributed by atoms with Gasteiger partial charge in [-0.05, 0) is 37.1 Å². The number of anilines is 1. The number of primary amides is 1. The summed E-state index contributed by atoms with van der Waals surface area (Å²) < 4.78 is 37.4. The molecule has 1 saturated carbocycles. The summed E-state index contributed by atoms with van der Waals surface area (Å²) in [6.45, 7) is 0. The van der Waals surface area contributed by atoms with E-state index in [-0.39, 0.29) is 11.7 Å². The van der Waals surface area contributed by atoms with E-state index in [2.05, 4.69) is 10.6 Å². The van der Waals surface area contributed by atoms with Crippen LogP contribution in [0.25, 0.3) is 0 Å². The van der Waals surface area contributed by atoms with Gasteiger partial charge in [-0.1, -0.05) is 12.8 Å². The second-order valence-electron chi connectivity index (χ2n) is 5.57. The van der Waals surface area contributed by atoms with Crippen molar-refractivity contribution in [3.05, 3.63) is 29.8 Å². The van der Waals surface area contributed by atoms with Crippen LogP contribution in [0.4, 0.5) is 23.7 Å². The Balaban J connectivity index is 1.95. The fourth-order valence-corrected chi connectivity index (χ4v) is 2.72. The van der Waals surface area contributed by atoms with E-state index in [1.807, 2.05) is 0 Å². The highest BCUT2D eigenvalue weighted by Crippen LogP contribution is 2.30. The molecule has 0 unspecified atom stereocenters. The minimum atomic E-state index is -4.42. The van der Waals surface area contributed by atoms with Crippen molar-refractivity contribution in [3.8, 4) is 0 Å². The lowest BCUT2D eigenvalue weighted by Gasteiger charge is -2.29. The van der Waals surface area contributed by atoms with Crippen LogP contribution in [0.3, 0.4) is 0 Å². The highest BCUT2D eigenvalue weighted by molar-refractivity contribution is 5.90. The topological polar surface area (TPSA) is 84.2 Å². The summed E-state index contributed by atoms with van der Waals surface area (Å²) >= 11 is 0. The van der Waals surface area contributed by atoms with Gasteiger partial charge in [-0.3, -0.25) is 4.79 Å². The van der Waals surface area contributed by atoms with Gasteiger partial charge in [0.1, 0.15) is 0 Å². The summed E-state index contributed by atoms with van der Waals surface area (Å²) in [5.41, 5.74) is 4.78. The number of nitrogens with one attached hydrogen (secondary N) is 2. The van der Waals surface area contributed by atoms with Crippen LogP contribution in [0, 0.1) is 5.92 Å². The maximum absolute atomic E-state index is 12.5. The lowest BCUT2D eigenvalue weighted by Crippen LogP contribution is -2.48. The second-order valence-corrected chi connectivity index (χ2v) is 5.57. The Morgan fingerprint density at radius 3 is 2.26 bits per heavy atom. The van der Waals surface area contributed by atoms with Crippen molar-refractivity contribution in [1.82, 2.24) is 5.32 Å². The Kier molecular flexibility index (Phi) is 5.12. The van der Waals surface area contributed by atoms with E-state index in [4.69, 9.17) is 5.73 Å². The van der Waals surface area contributed by atoms with Gasteiger partial charge >= 0.3 is 12.2 Å². The monoisotopic (exact) mass is 329 g/mol. The van der Waals surface area contributed by atoms with E-state index < -0.39 is 29.6 Å². The second kappa shape index (κ2) is 6.89. The SMILES string of the molecule is NC(=O)[C@@H]1CCCC[C@@H]1NC(=O)Nc1ccc(C(F)(F)F)cc1. The number of hydrogen-bond acceptors (Lipinski definition) is 2. The third-order valence-electron chi connectivity index (χ3n) is 3.92. The number of benzene rings is 1. The molecule has 4 N–H and O–H groups in total. The minimum Gasteiger partial charge on any atom is -0.369 e. The third-order valence-corrected chi connectivity index (χ3v) is 3.92. The molecular formula is C15H18F3N3O2. The molecule has 0 radical (unpaired) electrons. The normalized spacial score (nSPS) is 21.5. The Hall–Kier alpha value is -2.25. The molecule has 8 heteroatoms. The van der Waals surface area contributed by atoms with E-state index in [9.17, 15) is 22.8 Å². The van der Waals surface area contributed by atoms with Gasteiger partial charge in [0.25, 0.3) is 0 Å². The molecule has 0 spiro atoms. The predicted molar refractivity (Wildman–Crippen MR) is 78.5 cm³/mol. The van der Waals surface area contributed by atoms with E-state index >= 15 is 0 Å². The van der Waals surface area contributed by atoms with Gasteiger partial charge in [-0.25, -0.2) is 4.79 Å². The van der Waals surface area contributed by atoms with Crippen LogP contribution in [0.5, 0.6) is 0 Å². The van der Waals surface area contributed by atoms with Crippen LogP contribution in [-0.2, 0) is 11.0 Å². The van der Waals surface area contributed by atoms with Crippen LogP contribution >= 0.6 is 0 Å². The molecule has 3 amide bonds. The van der Waals surface area contributed by atoms with Crippen LogP contribution < -0.4 is 16.4 Å². The first kappa shape index (κ1) is 17.1. The highest BCUT2D eigenvalue weighted by atomic mass is 19.4. The van der Waals surface area contributed by atoms with Crippen molar-refractivity contribution in [2.24, 2.45) is 11.7 Å². The molecule has 1 fully saturated rings. The number of rotatable bonds is 3. The Bertz CT molecular complexity index is 572. The van der Waals surface area contributed by atoms with Gasteiger partial charge in [0, 0.05) is 11.7 Å². The van der Waals surface area contributed by atoms with E-state index in [1.165, 1.54) is 12.1 Å². The smallest absolute Gasteiger partial charge is 0.369 e. The molecule has 5 nitrogen and oxygen atoms in total. The standard InChI is InChI=1S/C15H18F3N3O2/c16-15(17,18)9-5-7-10(8-6-9)20-14(23)21-12-4-2-1-3-11(12)13(19)22/h5-8,11-12H,1-4H2,(H2,19,22)(H2,20,21,23)/t11-,12+/m1/s1. The van der Waals surface area contributed by atoms with E-state index in [1.54, 1.807) is 0 Å². The molecule has 1 aliphatic rings. The van der Waals surface area contributed by atoms with Crippen molar-refractivity contribution in [1.29, 1.82) is 0 Å². The van der Waals surface area contributed by atoms with Crippen LogP contribution in [0.2, 0.25) is 0 Å². The van der Waals surface area contributed by atoms with Crippen LogP contribution in [0.1, 0.15) is 31.2 Å². The first-order valence-corrected chi connectivity index (χ1v) is 7.31. The zero-order valence-corrected chi connectivity index (χ0v) is 12.3. The van der Waals surface area contributed by atoms with Gasteiger partial charge in [0.05, 0.1) is 11.5 Å². The summed E-state index contributed by atoms with van der Waals surface area (Å²) in [5.74, 6) is -0.869. The average molecular weight is 329 g/mol. The molecule has 0 bridgehead atoms. The van der Waals surface area contributed by atoms with Gasteiger partial charge in [0.2, 0.25) is 5.91 Å². The highest BCUT2D eigenvalue weighted by Gasteiger charge is 2.31. The maximum Gasteiger partial charge on any atom is 0.416 e. The number of alkyl halides is 3. The Labute approximate surface area is 131 Å². The molecule has 1 aromatic rings. The average Bonchev–Trinajstić information content (AvgIpc) is 2.47. The zero-order chi connectivity index (χ0) is 17.0. The molecular weight excluding hydrogens is 311 g/mol. The maximum atomic E-state index is 12.5. The molecule has 126 valence electrons. The molecule has 1 aromatic carbocycles. The molecule has 2 rings (SSSR count). The van der Waals surface area contributed by atoms with Gasteiger partial charge in [-0.2, -0.15) is 13.2 Å². The molecule has 2 atom stereocenters. The summed E-state index contributed by atoms with van der Waals surface area (Å²) in [6.07, 6.45) is -1.38. The van der Waals surface area contributed by atoms with Crippen molar-refractivity contribution in [2.75, 3.05) is 5.32 Å². The lowest BCUT2D eigenvalue weighted by molar-refractivity contribution is -0.137. The molecule has 0 aliphatic heterocycles. The quantitative estimate of drug-likeness (QED) is 0.796. The summed E-state index contributed by atoms with van der Waals surface area (Å²) in [5, 5.41) is 5.13. The molecule has 23 heavy (non-hydrogen) atoms. The van der Waals surface area contributed by atoms with E-state index in [0.717, 1.165) is 25.0 Å². The molecule has 1 aliphatic carbocycles. The van der Waals surface area contributed by atoms with Crippen LogP contribution in [0.15, 0.2) is 24.3 Å². The van der Waals surface area contributed by atoms with Crippen molar-refractivity contribution in [3.63, 3.8) is 0 Å². The number of carbonyl (C=O) groups excluding carboxylic acids is 2. The summed E-state index contributed by atoms with van der Waals surface area (Å²) in [7, 11) is 0. The van der Waals surface area contributed by atoms with Crippen molar-refractivity contribution >= 4 is 17.6 Å². The summed E-state index contributed by atoms with van der Waals surface area (Å²) in [6, 6.07) is 3.22. The largest absolute Gasteiger partial charge is 0.416 e. The zero-order valence-electron chi connectivity index (χ0n) is 12.3. The first-order valence-electron chi connectivity index (χ1n) is 7.31. The molecule has 0 heterocycles. The number of nitrogens with two attached hydrogens (primary N) is 1. The minimum absolute atomic E-state index is 0.238. The fraction of sp³-hybridized carbons (Fsp3) is 0.467. The van der Waals surface area contributed by atoms with Crippen molar-refractivity contribution < 1.29 is 22.8 Å². The van der Waals surface area contributed by atoms with E-state index in [0.29, 0.717) is 12.8 Å². The van der Waals surface area contributed by atoms with Gasteiger partial charge in [0.15, 0.2) is 0 Å². The Morgan fingerprint density at radius 2 is 1.70 bits per heavy atom. The number of amides is 3. The van der Waals surface area contributed by atoms with Crippen molar-refractivity contribution in [2.45, 2.75) is 37.9 Å². The fourth-order valence-electron chi connectivity index (χ4n) is 2.72. The third kappa shape index (κ3) is 4.61. The number of halogens is 3. The molecule has 0 saturated heterocycles. The Morgan fingerprint density at radius 1 is 1.09 bits per heavy atom. The first-order chi connectivity index (χ1) is 10.8. The predicted octanol–water partition coefficient (Wildman–Crippen LogP) is 2.87.